The van der Waals surface area contributed by atoms with Gasteiger partial charge in [0.05, 0.1) is 18.0 Å². The molecule has 0 spiro atoms. The molecule has 9 heteroatoms. The Morgan fingerprint density at radius 2 is 2.04 bits per heavy atom. The topological polar surface area (TPSA) is 83.3 Å². The zero-order valence-corrected chi connectivity index (χ0v) is 12.5. The molecule has 2 heterocycles. The highest BCUT2D eigenvalue weighted by Crippen LogP contribution is 2.31. The van der Waals surface area contributed by atoms with Gasteiger partial charge in [0.2, 0.25) is 0 Å². The van der Waals surface area contributed by atoms with Gasteiger partial charge < -0.3 is 4.42 Å². The van der Waals surface area contributed by atoms with Gasteiger partial charge in [-0.25, -0.2) is 5.43 Å². The number of benzene rings is 1. The Morgan fingerprint density at radius 3 is 2.76 bits per heavy atom. The molecular weight excluding hydrogens is 337 g/mol. The minimum atomic E-state index is -4.51. The van der Waals surface area contributed by atoms with Gasteiger partial charge in [-0.15, -0.1) is 0 Å². The second-order valence-electron chi connectivity index (χ2n) is 4.93. The predicted molar refractivity (Wildman–Crippen MR) is 82.8 cm³/mol. The van der Waals surface area contributed by atoms with Crippen LogP contribution in [0.2, 0.25) is 0 Å². The minimum Gasteiger partial charge on any atom is -0.463 e. The van der Waals surface area contributed by atoms with Gasteiger partial charge in [-0.1, -0.05) is 18.2 Å². The van der Waals surface area contributed by atoms with Crippen molar-refractivity contribution in [2.24, 2.45) is 5.10 Å². The summed E-state index contributed by atoms with van der Waals surface area (Å²) in [4.78, 5) is 11.9. The van der Waals surface area contributed by atoms with Crippen molar-refractivity contribution in [3.05, 3.63) is 65.5 Å². The number of aromatic nitrogens is 2. The Morgan fingerprint density at radius 1 is 1.24 bits per heavy atom. The van der Waals surface area contributed by atoms with E-state index in [1.54, 1.807) is 12.1 Å². The fourth-order valence-corrected chi connectivity index (χ4v) is 2.08. The maximum absolute atomic E-state index is 12.9. The molecular formula is C16H11F3N4O2. The molecule has 0 bridgehead atoms. The van der Waals surface area contributed by atoms with Gasteiger partial charge in [-0.3, -0.25) is 9.89 Å². The van der Waals surface area contributed by atoms with Gasteiger partial charge in [-0.05, 0) is 18.2 Å². The van der Waals surface area contributed by atoms with Crippen molar-refractivity contribution < 1.29 is 22.4 Å². The summed E-state index contributed by atoms with van der Waals surface area (Å²) >= 11 is 0. The molecule has 3 aromatic rings. The number of hydrogen-bond donors (Lipinski definition) is 2. The highest BCUT2D eigenvalue weighted by molar-refractivity contribution is 5.94. The minimum absolute atomic E-state index is 0.0210. The molecule has 2 aromatic heterocycles. The number of hydrazone groups is 1. The number of H-pyrrole nitrogens is 1. The standard InChI is InChI=1S/C16H11F3N4O2/c17-16(18,19)11-5-2-1-4-10(11)9-20-23-15(24)13-8-12(21-22-13)14-6-3-7-25-14/h1-9H,(H,21,22)(H,23,24). The first kappa shape index (κ1) is 16.5. The summed E-state index contributed by atoms with van der Waals surface area (Å²) in [5, 5.41) is 9.99. The van der Waals surface area contributed by atoms with E-state index in [0.717, 1.165) is 12.3 Å². The van der Waals surface area contributed by atoms with Crippen LogP contribution in [0, 0.1) is 0 Å². The third-order valence-corrected chi connectivity index (χ3v) is 3.23. The van der Waals surface area contributed by atoms with E-state index in [1.807, 2.05) is 0 Å². The van der Waals surface area contributed by atoms with Gasteiger partial charge in [0, 0.05) is 11.6 Å². The average molecular weight is 348 g/mol. The van der Waals surface area contributed by atoms with Crippen molar-refractivity contribution in [2.45, 2.75) is 6.18 Å². The van der Waals surface area contributed by atoms with Crippen LogP contribution in [0.15, 0.2) is 58.2 Å². The molecule has 0 radical (unpaired) electrons. The molecule has 0 unspecified atom stereocenters. The summed E-state index contributed by atoms with van der Waals surface area (Å²) in [7, 11) is 0. The Labute approximate surface area is 139 Å². The summed E-state index contributed by atoms with van der Waals surface area (Å²) in [6.45, 7) is 0. The summed E-state index contributed by atoms with van der Waals surface area (Å²) in [6, 6.07) is 9.71. The molecule has 6 nitrogen and oxygen atoms in total. The van der Waals surface area contributed by atoms with E-state index >= 15 is 0 Å². The van der Waals surface area contributed by atoms with Crippen LogP contribution in [0.3, 0.4) is 0 Å². The Balaban J connectivity index is 1.70. The Bertz CT molecular complexity index is 898. The Kier molecular flexibility index (Phi) is 4.38. The first-order valence-electron chi connectivity index (χ1n) is 7.04. The summed E-state index contributed by atoms with van der Waals surface area (Å²) in [6.07, 6.45) is -2.11. The average Bonchev–Trinajstić information content (AvgIpc) is 3.25. The third kappa shape index (κ3) is 3.77. The van der Waals surface area contributed by atoms with Crippen LogP contribution in [0.5, 0.6) is 0 Å². The highest BCUT2D eigenvalue weighted by atomic mass is 19.4. The SMILES string of the molecule is O=C(NN=Cc1ccccc1C(F)(F)F)c1cc(-c2ccco2)[nH]n1. The normalized spacial score (nSPS) is 11.8. The maximum Gasteiger partial charge on any atom is 0.417 e. The number of carbonyl (C=O) groups excluding carboxylic acids is 1. The van der Waals surface area contributed by atoms with Crippen molar-refractivity contribution in [3.63, 3.8) is 0 Å². The van der Waals surface area contributed by atoms with Gasteiger partial charge in [-0.2, -0.15) is 23.4 Å². The zero-order chi connectivity index (χ0) is 17.9. The van der Waals surface area contributed by atoms with Gasteiger partial charge in [0.15, 0.2) is 11.5 Å². The van der Waals surface area contributed by atoms with Crippen molar-refractivity contribution in [2.75, 3.05) is 0 Å². The monoisotopic (exact) mass is 348 g/mol. The fourth-order valence-electron chi connectivity index (χ4n) is 2.08. The molecule has 2 N–H and O–H groups in total. The number of halogens is 3. The van der Waals surface area contributed by atoms with Crippen molar-refractivity contribution in [1.82, 2.24) is 15.6 Å². The quantitative estimate of drug-likeness (QED) is 0.559. The number of rotatable bonds is 4. The van der Waals surface area contributed by atoms with E-state index in [0.29, 0.717) is 11.5 Å². The van der Waals surface area contributed by atoms with Gasteiger partial charge in [0.25, 0.3) is 5.91 Å². The van der Waals surface area contributed by atoms with Crippen LogP contribution in [-0.4, -0.2) is 22.3 Å². The van der Waals surface area contributed by atoms with Crippen LogP contribution < -0.4 is 5.43 Å². The number of aromatic amines is 1. The third-order valence-electron chi connectivity index (χ3n) is 3.23. The van der Waals surface area contributed by atoms with E-state index in [-0.39, 0.29) is 11.3 Å². The smallest absolute Gasteiger partial charge is 0.417 e. The van der Waals surface area contributed by atoms with Crippen LogP contribution in [-0.2, 0) is 6.18 Å². The van der Waals surface area contributed by atoms with E-state index in [4.69, 9.17) is 4.42 Å². The van der Waals surface area contributed by atoms with Crippen LogP contribution in [0.25, 0.3) is 11.5 Å². The van der Waals surface area contributed by atoms with Gasteiger partial charge >= 0.3 is 6.18 Å². The lowest BCUT2D eigenvalue weighted by atomic mass is 10.1. The number of alkyl halides is 3. The van der Waals surface area contributed by atoms with Crippen LogP contribution >= 0.6 is 0 Å². The van der Waals surface area contributed by atoms with Crippen LogP contribution in [0.4, 0.5) is 13.2 Å². The zero-order valence-electron chi connectivity index (χ0n) is 12.5. The molecule has 0 atom stereocenters. The second-order valence-corrected chi connectivity index (χ2v) is 4.93. The number of amides is 1. The fraction of sp³-hybridized carbons (Fsp3) is 0.0625. The lowest BCUT2D eigenvalue weighted by Gasteiger charge is -2.08. The molecule has 1 amide bonds. The van der Waals surface area contributed by atoms with E-state index in [1.165, 1.54) is 30.5 Å². The summed E-state index contributed by atoms with van der Waals surface area (Å²) < 4.78 is 43.8. The van der Waals surface area contributed by atoms with Crippen molar-refractivity contribution in [3.8, 4) is 11.5 Å². The molecule has 0 aliphatic carbocycles. The first-order valence-corrected chi connectivity index (χ1v) is 7.04. The molecule has 0 aliphatic rings. The summed E-state index contributed by atoms with van der Waals surface area (Å²) in [5.74, 6) is -0.177. The number of hydrogen-bond acceptors (Lipinski definition) is 4. The number of carbonyl (C=O) groups is 1. The lowest BCUT2D eigenvalue weighted by molar-refractivity contribution is -0.137. The van der Waals surface area contributed by atoms with Gasteiger partial charge in [0.1, 0.15) is 5.69 Å². The number of nitrogens with zero attached hydrogens (tertiary/aromatic N) is 2. The number of nitrogens with one attached hydrogen (secondary N) is 2. The molecule has 1 aromatic carbocycles. The molecule has 0 saturated heterocycles. The predicted octanol–water partition coefficient (Wildman–Crippen LogP) is 3.45. The molecule has 25 heavy (non-hydrogen) atoms. The van der Waals surface area contributed by atoms with Crippen molar-refractivity contribution >= 4 is 12.1 Å². The molecule has 0 aliphatic heterocycles. The van der Waals surface area contributed by atoms with E-state index in [9.17, 15) is 18.0 Å². The molecule has 3 rings (SSSR count). The maximum atomic E-state index is 12.9. The van der Waals surface area contributed by atoms with Crippen molar-refractivity contribution in [1.29, 1.82) is 0 Å². The number of furan rings is 1. The molecule has 0 fully saturated rings. The first-order chi connectivity index (χ1) is 11.9. The second kappa shape index (κ2) is 6.63. The van der Waals surface area contributed by atoms with Crippen LogP contribution in [0.1, 0.15) is 21.6 Å². The molecule has 128 valence electrons. The highest BCUT2D eigenvalue weighted by Gasteiger charge is 2.32. The Hall–Kier alpha value is -3.36. The molecule has 0 saturated carbocycles. The lowest BCUT2D eigenvalue weighted by Crippen LogP contribution is -2.18. The van der Waals surface area contributed by atoms with E-state index in [2.05, 4.69) is 20.7 Å². The van der Waals surface area contributed by atoms with E-state index < -0.39 is 17.6 Å². The summed E-state index contributed by atoms with van der Waals surface area (Å²) in [5.41, 5.74) is 1.64. The largest absolute Gasteiger partial charge is 0.463 e.